The van der Waals surface area contributed by atoms with Gasteiger partial charge in [0, 0.05) is 6.07 Å². The molecule has 0 radical (unpaired) electrons. The largest absolute Gasteiger partial charge is 0.477 e. The van der Waals surface area contributed by atoms with Crippen molar-refractivity contribution < 1.29 is 18.8 Å². The molecular formula is C8H4BrNO4. The topological polar surface area (TPSA) is 76.5 Å². The van der Waals surface area contributed by atoms with Crippen LogP contribution in [0.4, 0.5) is 0 Å². The molecule has 0 aliphatic heterocycles. The van der Waals surface area contributed by atoms with Gasteiger partial charge >= 0.3 is 5.97 Å². The first-order valence-corrected chi connectivity index (χ1v) is 4.40. The van der Waals surface area contributed by atoms with E-state index in [4.69, 9.17) is 14.0 Å². The summed E-state index contributed by atoms with van der Waals surface area (Å²) in [4.78, 5) is 10.7. The molecule has 0 fully saturated rings. The van der Waals surface area contributed by atoms with E-state index in [1.807, 2.05) is 0 Å². The number of carbonyl (C=O) groups is 1. The molecule has 0 bridgehead atoms. The second kappa shape index (κ2) is 3.30. The minimum Gasteiger partial charge on any atom is -0.477 e. The molecule has 0 atom stereocenters. The first kappa shape index (κ1) is 9.01. The molecule has 5 nitrogen and oxygen atoms in total. The van der Waals surface area contributed by atoms with Crippen LogP contribution in [0.5, 0.6) is 0 Å². The summed E-state index contributed by atoms with van der Waals surface area (Å²) in [5.41, 5.74) is -0.0214. The van der Waals surface area contributed by atoms with Crippen LogP contribution in [0.1, 0.15) is 10.4 Å². The maximum Gasteiger partial charge on any atom is 0.341 e. The molecule has 0 amide bonds. The molecule has 0 aromatic carbocycles. The highest BCUT2D eigenvalue weighted by atomic mass is 79.9. The number of rotatable bonds is 2. The smallest absolute Gasteiger partial charge is 0.341 e. The lowest BCUT2D eigenvalue weighted by Gasteiger charge is -1.90. The van der Waals surface area contributed by atoms with E-state index < -0.39 is 5.97 Å². The molecule has 14 heavy (non-hydrogen) atoms. The van der Waals surface area contributed by atoms with Gasteiger partial charge in [0.25, 0.3) is 0 Å². The normalized spacial score (nSPS) is 10.4. The summed E-state index contributed by atoms with van der Waals surface area (Å²) in [6.07, 6.45) is 2.57. The maximum absolute atomic E-state index is 10.7. The Bertz CT molecular complexity index is 473. The number of aromatic nitrogens is 1. The van der Waals surface area contributed by atoms with E-state index in [1.54, 1.807) is 6.07 Å². The van der Waals surface area contributed by atoms with Gasteiger partial charge in [-0.05, 0) is 15.9 Å². The number of nitrogens with zero attached hydrogens (tertiary/aromatic N) is 1. The summed E-state index contributed by atoms with van der Waals surface area (Å²) in [5, 5.41) is 12.2. The van der Waals surface area contributed by atoms with Gasteiger partial charge in [0.1, 0.15) is 11.8 Å². The van der Waals surface area contributed by atoms with Gasteiger partial charge in [0.15, 0.2) is 5.76 Å². The molecule has 0 unspecified atom stereocenters. The van der Waals surface area contributed by atoms with E-state index in [2.05, 4.69) is 21.1 Å². The fraction of sp³-hybridized carbons (Fsp3) is 0. The van der Waals surface area contributed by atoms with Gasteiger partial charge in [0.05, 0.1) is 10.7 Å². The SMILES string of the molecule is O=C(O)c1cnoc1-c1cc(Br)co1. The Morgan fingerprint density at radius 2 is 2.36 bits per heavy atom. The van der Waals surface area contributed by atoms with Crippen molar-refractivity contribution in [3.05, 3.63) is 28.6 Å². The van der Waals surface area contributed by atoms with Crippen molar-refractivity contribution in [3.63, 3.8) is 0 Å². The maximum atomic E-state index is 10.7. The summed E-state index contributed by atoms with van der Waals surface area (Å²) in [5.74, 6) is -0.663. The van der Waals surface area contributed by atoms with Gasteiger partial charge < -0.3 is 14.0 Å². The molecule has 2 aromatic heterocycles. The van der Waals surface area contributed by atoms with E-state index in [1.165, 1.54) is 6.26 Å². The second-order valence-electron chi connectivity index (χ2n) is 2.50. The number of halogens is 1. The zero-order valence-corrected chi connectivity index (χ0v) is 8.32. The highest BCUT2D eigenvalue weighted by Crippen LogP contribution is 2.27. The highest BCUT2D eigenvalue weighted by molar-refractivity contribution is 9.10. The number of aromatic carboxylic acids is 1. The molecule has 6 heteroatoms. The monoisotopic (exact) mass is 257 g/mol. The van der Waals surface area contributed by atoms with Crippen molar-refractivity contribution >= 4 is 21.9 Å². The van der Waals surface area contributed by atoms with Crippen LogP contribution in [0.3, 0.4) is 0 Å². The molecule has 0 aliphatic rings. The Hall–Kier alpha value is -1.56. The zero-order valence-electron chi connectivity index (χ0n) is 6.73. The molecule has 2 rings (SSSR count). The van der Waals surface area contributed by atoms with Crippen LogP contribution >= 0.6 is 15.9 Å². The van der Waals surface area contributed by atoms with Crippen molar-refractivity contribution in [1.82, 2.24) is 5.16 Å². The van der Waals surface area contributed by atoms with Crippen molar-refractivity contribution in [2.45, 2.75) is 0 Å². The minimum atomic E-state index is -1.10. The third-order valence-electron chi connectivity index (χ3n) is 1.59. The molecular weight excluding hydrogens is 254 g/mol. The number of carboxylic acids is 1. The average Bonchev–Trinajstić information content (AvgIpc) is 2.70. The molecule has 0 spiro atoms. The Morgan fingerprint density at radius 3 is 2.93 bits per heavy atom. The van der Waals surface area contributed by atoms with E-state index >= 15 is 0 Å². The zero-order chi connectivity index (χ0) is 10.1. The highest BCUT2D eigenvalue weighted by Gasteiger charge is 2.19. The van der Waals surface area contributed by atoms with E-state index in [0.717, 1.165) is 6.20 Å². The lowest BCUT2D eigenvalue weighted by Crippen LogP contribution is -1.95. The lowest BCUT2D eigenvalue weighted by molar-refractivity contribution is 0.0697. The van der Waals surface area contributed by atoms with Crippen molar-refractivity contribution in [3.8, 4) is 11.5 Å². The molecule has 0 saturated heterocycles. The summed E-state index contributed by atoms with van der Waals surface area (Å²) in [6.45, 7) is 0. The van der Waals surface area contributed by atoms with Crippen LogP contribution in [0.25, 0.3) is 11.5 Å². The van der Waals surface area contributed by atoms with E-state index in [9.17, 15) is 4.79 Å². The van der Waals surface area contributed by atoms with E-state index in [0.29, 0.717) is 10.2 Å². The molecule has 2 aromatic rings. The van der Waals surface area contributed by atoms with Crippen LogP contribution in [0, 0.1) is 0 Å². The lowest BCUT2D eigenvalue weighted by atomic mass is 10.2. The molecule has 0 saturated carbocycles. The number of furan rings is 1. The summed E-state index contributed by atoms with van der Waals surface area (Å²) < 4.78 is 10.5. The van der Waals surface area contributed by atoms with Gasteiger partial charge in [-0.15, -0.1) is 0 Å². The van der Waals surface area contributed by atoms with Crippen LogP contribution in [0.15, 0.2) is 31.9 Å². The van der Waals surface area contributed by atoms with Gasteiger partial charge in [-0.2, -0.15) is 0 Å². The summed E-state index contributed by atoms with van der Waals surface area (Å²) >= 11 is 3.18. The molecule has 2 heterocycles. The first-order valence-electron chi connectivity index (χ1n) is 3.61. The summed E-state index contributed by atoms with van der Waals surface area (Å²) in [6, 6.07) is 1.60. The van der Waals surface area contributed by atoms with Crippen LogP contribution in [-0.2, 0) is 0 Å². The predicted molar refractivity (Wildman–Crippen MR) is 48.9 cm³/mol. The quantitative estimate of drug-likeness (QED) is 0.894. The fourth-order valence-electron chi connectivity index (χ4n) is 1.00. The average molecular weight is 258 g/mol. The summed E-state index contributed by atoms with van der Waals surface area (Å²) in [7, 11) is 0. The van der Waals surface area contributed by atoms with Crippen LogP contribution < -0.4 is 0 Å². The van der Waals surface area contributed by atoms with Crippen molar-refractivity contribution in [1.29, 1.82) is 0 Å². The second-order valence-corrected chi connectivity index (χ2v) is 3.42. The molecule has 72 valence electrons. The van der Waals surface area contributed by atoms with E-state index in [-0.39, 0.29) is 11.3 Å². The number of carboxylic acid groups (broad SMARTS) is 1. The van der Waals surface area contributed by atoms with Gasteiger partial charge in [-0.1, -0.05) is 5.16 Å². The Balaban J connectivity index is 2.51. The van der Waals surface area contributed by atoms with Gasteiger partial charge in [-0.25, -0.2) is 4.79 Å². The molecule has 0 aliphatic carbocycles. The Kier molecular flexibility index (Phi) is 2.12. The van der Waals surface area contributed by atoms with Crippen molar-refractivity contribution in [2.75, 3.05) is 0 Å². The third-order valence-corrected chi connectivity index (χ3v) is 2.01. The fourth-order valence-corrected chi connectivity index (χ4v) is 1.30. The molecule has 1 N–H and O–H groups in total. The van der Waals surface area contributed by atoms with Crippen LogP contribution in [0.2, 0.25) is 0 Å². The minimum absolute atomic E-state index is 0.0214. The number of hydrogen-bond donors (Lipinski definition) is 1. The Labute approximate surface area is 86.4 Å². The number of hydrogen-bond acceptors (Lipinski definition) is 4. The third kappa shape index (κ3) is 1.44. The van der Waals surface area contributed by atoms with Gasteiger partial charge in [-0.3, -0.25) is 0 Å². The van der Waals surface area contributed by atoms with Gasteiger partial charge in [0.2, 0.25) is 5.76 Å². The standard InChI is InChI=1S/C8H4BrNO4/c9-4-1-6(13-3-4)7-5(8(11)12)2-10-14-7/h1-3H,(H,11,12). The Morgan fingerprint density at radius 1 is 1.57 bits per heavy atom. The van der Waals surface area contributed by atoms with Crippen molar-refractivity contribution in [2.24, 2.45) is 0 Å². The predicted octanol–water partition coefficient (Wildman–Crippen LogP) is 2.40. The van der Waals surface area contributed by atoms with Crippen LogP contribution in [-0.4, -0.2) is 16.2 Å². The first-order chi connectivity index (χ1) is 6.68.